The van der Waals surface area contributed by atoms with Gasteiger partial charge in [-0.1, -0.05) is 5.16 Å². The Balaban J connectivity index is 1.85. The van der Waals surface area contributed by atoms with Crippen molar-refractivity contribution >= 4 is 5.69 Å². The Morgan fingerprint density at radius 3 is 2.79 bits per heavy atom. The molecule has 0 saturated carbocycles. The summed E-state index contributed by atoms with van der Waals surface area (Å²) in [5.74, 6) is 0.754. The molecule has 2 aromatic rings. The molecule has 0 amide bonds. The highest BCUT2D eigenvalue weighted by atomic mass is 19.1. The molecule has 1 aromatic heterocycles. The minimum absolute atomic E-state index is 0.105. The van der Waals surface area contributed by atoms with E-state index in [4.69, 9.17) is 15.0 Å². The molecule has 6 heteroatoms. The molecule has 5 nitrogen and oxygen atoms in total. The molecule has 0 bridgehead atoms. The summed E-state index contributed by atoms with van der Waals surface area (Å²) in [6.45, 7) is 1.43. The average molecular weight is 263 g/mol. The van der Waals surface area contributed by atoms with E-state index >= 15 is 0 Å². The maximum Gasteiger partial charge on any atom is 0.258 e. The number of anilines is 1. The van der Waals surface area contributed by atoms with E-state index in [1.807, 2.05) is 0 Å². The standard InChI is InChI=1S/C13H14FN3O2/c14-10-7-9(1-2-11(10)15)13-16-12(17-19-13)8-3-5-18-6-4-8/h1-2,7-8H,3-6,15H2. The minimum atomic E-state index is -0.483. The van der Waals surface area contributed by atoms with Crippen LogP contribution in [0.5, 0.6) is 0 Å². The summed E-state index contributed by atoms with van der Waals surface area (Å²) < 4.78 is 23.9. The van der Waals surface area contributed by atoms with E-state index in [0.29, 0.717) is 30.5 Å². The smallest absolute Gasteiger partial charge is 0.258 e. The van der Waals surface area contributed by atoms with Crippen LogP contribution in [0.4, 0.5) is 10.1 Å². The monoisotopic (exact) mass is 263 g/mol. The maximum atomic E-state index is 13.4. The van der Waals surface area contributed by atoms with Gasteiger partial charge in [0.25, 0.3) is 5.89 Å². The van der Waals surface area contributed by atoms with Crippen molar-refractivity contribution in [2.45, 2.75) is 18.8 Å². The molecule has 1 saturated heterocycles. The number of nitrogens with zero attached hydrogens (tertiary/aromatic N) is 2. The van der Waals surface area contributed by atoms with Gasteiger partial charge in [-0.25, -0.2) is 4.39 Å². The first-order chi connectivity index (χ1) is 9.24. The molecule has 1 aromatic carbocycles. The van der Waals surface area contributed by atoms with E-state index < -0.39 is 5.82 Å². The second kappa shape index (κ2) is 4.97. The number of hydrogen-bond donors (Lipinski definition) is 1. The molecule has 0 aliphatic carbocycles. The lowest BCUT2D eigenvalue weighted by Crippen LogP contribution is -2.15. The molecule has 100 valence electrons. The fourth-order valence-electron chi connectivity index (χ4n) is 2.13. The summed E-state index contributed by atoms with van der Waals surface area (Å²) in [5.41, 5.74) is 6.08. The molecule has 0 atom stereocenters. The lowest BCUT2D eigenvalue weighted by Gasteiger charge is -2.18. The number of hydrogen-bond acceptors (Lipinski definition) is 5. The fraction of sp³-hybridized carbons (Fsp3) is 0.385. The van der Waals surface area contributed by atoms with Crippen molar-refractivity contribution in [2.24, 2.45) is 0 Å². The van der Waals surface area contributed by atoms with Crippen molar-refractivity contribution in [2.75, 3.05) is 18.9 Å². The summed E-state index contributed by atoms with van der Waals surface area (Å²) in [4.78, 5) is 4.33. The SMILES string of the molecule is Nc1ccc(-c2nc(C3CCOCC3)no2)cc1F. The number of benzene rings is 1. The summed E-state index contributed by atoms with van der Waals surface area (Å²) in [6, 6.07) is 4.46. The van der Waals surface area contributed by atoms with Crippen LogP contribution in [0.2, 0.25) is 0 Å². The molecule has 0 radical (unpaired) electrons. The van der Waals surface area contributed by atoms with E-state index in [2.05, 4.69) is 10.1 Å². The van der Waals surface area contributed by atoms with Gasteiger partial charge in [0, 0.05) is 24.7 Å². The number of halogens is 1. The number of aromatic nitrogens is 2. The largest absolute Gasteiger partial charge is 0.396 e. The first-order valence-electron chi connectivity index (χ1n) is 6.21. The minimum Gasteiger partial charge on any atom is -0.396 e. The third-order valence-corrected chi connectivity index (χ3v) is 3.28. The molecule has 1 fully saturated rings. The van der Waals surface area contributed by atoms with Crippen LogP contribution in [-0.2, 0) is 4.74 Å². The van der Waals surface area contributed by atoms with E-state index in [0.717, 1.165) is 12.8 Å². The van der Waals surface area contributed by atoms with Gasteiger partial charge in [0.2, 0.25) is 0 Å². The summed E-state index contributed by atoms with van der Waals surface area (Å²) in [5, 5.41) is 3.97. The van der Waals surface area contributed by atoms with Gasteiger partial charge in [0.05, 0.1) is 5.69 Å². The van der Waals surface area contributed by atoms with Crippen LogP contribution in [-0.4, -0.2) is 23.4 Å². The molecule has 2 heterocycles. The van der Waals surface area contributed by atoms with Gasteiger partial charge in [-0.15, -0.1) is 0 Å². The van der Waals surface area contributed by atoms with Gasteiger partial charge in [0.15, 0.2) is 5.82 Å². The van der Waals surface area contributed by atoms with Crippen LogP contribution < -0.4 is 5.73 Å². The fourth-order valence-corrected chi connectivity index (χ4v) is 2.13. The number of nitrogen functional groups attached to an aromatic ring is 1. The van der Waals surface area contributed by atoms with Crippen LogP contribution >= 0.6 is 0 Å². The van der Waals surface area contributed by atoms with E-state index in [1.165, 1.54) is 12.1 Å². The molecule has 1 aliphatic rings. The summed E-state index contributed by atoms with van der Waals surface area (Å²) in [6.07, 6.45) is 1.77. The third kappa shape index (κ3) is 2.44. The lowest BCUT2D eigenvalue weighted by atomic mass is 10.00. The highest BCUT2D eigenvalue weighted by molar-refractivity contribution is 5.57. The molecule has 2 N–H and O–H groups in total. The van der Waals surface area contributed by atoms with Gasteiger partial charge in [-0.3, -0.25) is 0 Å². The zero-order chi connectivity index (χ0) is 13.2. The Hall–Kier alpha value is -1.95. The van der Waals surface area contributed by atoms with Crippen molar-refractivity contribution in [3.8, 4) is 11.5 Å². The molecular weight excluding hydrogens is 249 g/mol. The summed E-state index contributed by atoms with van der Waals surface area (Å²) >= 11 is 0. The van der Waals surface area contributed by atoms with Crippen molar-refractivity contribution in [3.63, 3.8) is 0 Å². The molecule has 1 aliphatic heterocycles. The Kier molecular flexibility index (Phi) is 3.16. The highest BCUT2D eigenvalue weighted by Gasteiger charge is 2.21. The maximum absolute atomic E-state index is 13.4. The lowest BCUT2D eigenvalue weighted by molar-refractivity contribution is 0.0830. The topological polar surface area (TPSA) is 74.2 Å². The van der Waals surface area contributed by atoms with Crippen LogP contribution in [0.15, 0.2) is 22.7 Å². The van der Waals surface area contributed by atoms with Gasteiger partial charge < -0.3 is 15.0 Å². The first kappa shape index (κ1) is 12.1. The van der Waals surface area contributed by atoms with Crippen LogP contribution in [0, 0.1) is 5.82 Å². The van der Waals surface area contributed by atoms with E-state index in [9.17, 15) is 4.39 Å². The van der Waals surface area contributed by atoms with Gasteiger partial charge >= 0.3 is 0 Å². The first-order valence-corrected chi connectivity index (χ1v) is 6.21. The molecule has 0 spiro atoms. The second-order valence-corrected chi connectivity index (χ2v) is 4.58. The Morgan fingerprint density at radius 1 is 1.26 bits per heavy atom. The molecule has 0 unspecified atom stereocenters. The Labute approximate surface area is 109 Å². The van der Waals surface area contributed by atoms with Crippen LogP contribution in [0.3, 0.4) is 0 Å². The van der Waals surface area contributed by atoms with Gasteiger partial charge in [0.1, 0.15) is 5.82 Å². The Bertz CT molecular complexity index is 579. The van der Waals surface area contributed by atoms with E-state index in [-0.39, 0.29) is 11.6 Å². The highest BCUT2D eigenvalue weighted by Crippen LogP contribution is 2.27. The number of rotatable bonds is 2. The van der Waals surface area contributed by atoms with Crippen LogP contribution in [0.1, 0.15) is 24.6 Å². The number of ether oxygens (including phenoxy) is 1. The predicted molar refractivity (Wildman–Crippen MR) is 66.9 cm³/mol. The second-order valence-electron chi connectivity index (χ2n) is 4.58. The predicted octanol–water partition coefficient (Wildman–Crippen LogP) is 2.35. The normalized spacial score (nSPS) is 16.7. The van der Waals surface area contributed by atoms with Crippen molar-refractivity contribution in [1.82, 2.24) is 10.1 Å². The van der Waals surface area contributed by atoms with Gasteiger partial charge in [-0.2, -0.15) is 4.98 Å². The third-order valence-electron chi connectivity index (χ3n) is 3.28. The van der Waals surface area contributed by atoms with Crippen molar-refractivity contribution in [1.29, 1.82) is 0 Å². The molecular formula is C13H14FN3O2. The van der Waals surface area contributed by atoms with Crippen molar-refractivity contribution < 1.29 is 13.7 Å². The Morgan fingerprint density at radius 2 is 2.05 bits per heavy atom. The molecule has 3 rings (SSSR count). The van der Waals surface area contributed by atoms with Crippen LogP contribution in [0.25, 0.3) is 11.5 Å². The zero-order valence-corrected chi connectivity index (χ0v) is 10.3. The average Bonchev–Trinajstić information content (AvgIpc) is 2.93. The number of nitrogens with two attached hydrogens (primary N) is 1. The van der Waals surface area contributed by atoms with Crippen molar-refractivity contribution in [3.05, 3.63) is 29.8 Å². The quantitative estimate of drug-likeness (QED) is 0.842. The zero-order valence-electron chi connectivity index (χ0n) is 10.3. The van der Waals surface area contributed by atoms with E-state index in [1.54, 1.807) is 6.07 Å². The summed E-state index contributed by atoms with van der Waals surface area (Å²) in [7, 11) is 0. The molecule has 19 heavy (non-hydrogen) atoms. The van der Waals surface area contributed by atoms with Gasteiger partial charge in [-0.05, 0) is 31.0 Å².